The standard InChI is InChI=1S/C9H11FN2O.ClH/c10-8-3-1-2-7(6-8)9(13)12-5-4-11;/h1-3,6H,4-5,11H2,(H,12,13);1H. The van der Waals surface area contributed by atoms with Gasteiger partial charge in [-0.3, -0.25) is 4.79 Å². The van der Waals surface area contributed by atoms with Gasteiger partial charge in [-0.25, -0.2) is 4.39 Å². The van der Waals surface area contributed by atoms with Crippen LogP contribution in [0, 0.1) is 5.82 Å². The molecular weight excluding hydrogens is 207 g/mol. The molecular formula is C9H12ClFN2O. The fraction of sp³-hybridized carbons (Fsp3) is 0.222. The molecule has 1 aromatic rings. The highest BCUT2D eigenvalue weighted by atomic mass is 35.5. The van der Waals surface area contributed by atoms with E-state index in [9.17, 15) is 9.18 Å². The largest absolute Gasteiger partial charge is 0.351 e. The number of halogens is 2. The Bertz CT molecular complexity index is 307. The molecule has 14 heavy (non-hydrogen) atoms. The Kier molecular flexibility index (Phi) is 5.83. The molecule has 0 radical (unpaired) electrons. The fourth-order valence-corrected chi connectivity index (χ4v) is 0.917. The van der Waals surface area contributed by atoms with Crippen molar-refractivity contribution in [2.75, 3.05) is 13.1 Å². The van der Waals surface area contributed by atoms with Crippen LogP contribution in [0.15, 0.2) is 24.3 Å². The molecule has 0 fully saturated rings. The Hall–Kier alpha value is -1.13. The van der Waals surface area contributed by atoms with Crippen molar-refractivity contribution in [3.05, 3.63) is 35.6 Å². The van der Waals surface area contributed by atoms with Crippen molar-refractivity contribution in [1.29, 1.82) is 0 Å². The van der Waals surface area contributed by atoms with Crippen LogP contribution >= 0.6 is 12.4 Å². The number of rotatable bonds is 3. The summed E-state index contributed by atoms with van der Waals surface area (Å²) in [6.45, 7) is 0.774. The minimum Gasteiger partial charge on any atom is -0.351 e. The maximum absolute atomic E-state index is 12.6. The topological polar surface area (TPSA) is 55.1 Å². The van der Waals surface area contributed by atoms with Crippen LogP contribution in [0.3, 0.4) is 0 Å². The summed E-state index contributed by atoms with van der Waals surface area (Å²) < 4.78 is 12.6. The molecule has 0 unspecified atom stereocenters. The normalized spacial score (nSPS) is 9.00. The number of hydrogen-bond acceptors (Lipinski definition) is 2. The van der Waals surface area contributed by atoms with Gasteiger partial charge in [0.2, 0.25) is 0 Å². The first-order chi connectivity index (χ1) is 6.24. The van der Waals surface area contributed by atoms with Crippen LogP contribution in [0.4, 0.5) is 4.39 Å². The van der Waals surface area contributed by atoms with E-state index in [2.05, 4.69) is 5.32 Å². The van der Waals surface area contributed by atoms with Gasteiger partial charge in [-0.2, -0.15) is 0 Å². The van der Waals surface area contributed by atoms with Gasteiger partial charge in [0, 0.05) is 18.7 Å². The SMILES string of the molecule is Cl.NCCNC(=O)c1cccc(F)c1. The Labute approximate surface area is 87.9 Å². The molecule has 0 bridgehead atoms. The van der Waals surface area contributed by atoms with E-state index in [1.54, 1.807) is 6.07 Å². The highest BCUT2D eigenvalue weighted by Crippen LogP contribution is 2.02. The quantitative estimate of drug-likeness (QED) is 0.793. The highest BCUT2D eigenvalue weighted by molar-refractivity contribution is 5.94. The Balaban J connectivity index is 0.00000169. The lowest BCUT2D eigenvalue weighted by Gasteiger charge is -2.02. The van der Waals surface area contributed by atoms with Crippen LogP contribution in [-0.2, 0) is 0 Å². The van der Waals surface area contributed by atoms with Gasteiger partial charge >= 0.3 is 0 Å². The summed E-state index contributed by atoms with van der Waals surface area (Å²) in [7, 11) is 0. The zero-order valence-corrected chi connectivity index (χ0v) is 8.31. The third-order valence-corrected chi connectivity index (χ3v) is 1.52. The average molecular weight is 219 g/mol. The molecule has 1 aromatic carbocycles. The van der Waals surface area contributed by atoms with Crippen LogP contribution in [-0.4, -0.2) is 19.0 Å². The van der Waals surface area contributed by atoms with E-state index in [1.165, 1.54) is 18.2 Å². The maximum Gasteiger partial charge on any atom is 0.251 e. The molecule has 0 aliphatic carbocycles. The van der Waals surface area contributed by atoms with Crippen molar-refractivity contribution in [3.63, 3.8) is 0 Å². The van der Waals surface area contributed by atoms with Crippen LogP contribution < -0.4 is 11.1 Å². The number of benzene rings is 1. The minimum atomic E-state index is -0.416. The van der Waals surface area contributed by atoms with E-state index in [4.69, 9.17) is 5.73 Å². The molecule has 0 heterocycles. The van der Waals surface area contributed by atoms with Crippen molar-refractivity contribution in [2.24, 2.45) is 5.73 Å². The molecule has 0 atom stereocenters. The van der Waals surface area contributed by atoms with Crippen LogP contribution in [0.5, 0.6) is 0 Å². The molecule has 0 saturated heterocycles. The number of nitrogens with two attached hydrogens (primary N) is 1. The summed E-state index contributed by atoms with van der Waals surface area (Å²) >= 11 is 0. The Morgan fingerprint density at radius 3 is 2.79 bits per heavy atom. The summed E-state index contributed by atoms with van der Waals surface area (Å²) in [5.74, 6) is -0.717. The lowest BCUT2D eigenvalue weighted by atomic mass is 10.2. The van der Waals surface area contributed by atoms with Crippen molar-refractivity contribution in [2.45, 2.75) is 0 Å². The van der Waals surface area contributed by atoms with Gasteiger partial charge in [0.05, 0.1) is 0 Å². The van der Waals surface area contributed by atoms with Gasteiger partial charge in [-0.05, 0) is 18.2 Å². The van der Waals surface area contributed by atoms with Crippen molar-refractivity contribution < 1.29 is 9.18 Å². The minimum absolute atomic E-state index is 0. The van der Waals surface area contributed by atoms with Crippen LogP contribution in [0.1, 0.15) is 10.4 Å². The molecule has 78 valence electrons. The van der Waals surface area contributed by atoms with E-state index in [-0.39, 0.29) is 18.3 Å². The van der Waals surface area contributed by atoms with E-state index in [0.29, 0.717) is 18.7 Å². The highest BCUT2D eigenvalue weighted by Gasteiger charge is 2.03. The third kappa shape index (κ3) is 3.72. The van der Waals surface area contributed by atoms with Gasteiger partial charge in [0.15, 0.2) is 0 Å². The fourth-order valence-electron chi connectivity index (χ4n) is 0.917. The first kappa shape index (κ1) is 12.9. The van der Waals surface area contributed by atoms with E-state index in [1.807, 2.05) is 0 Å². The Morgan fingerprint density at radius 1 is 1.50 bits per heavy atom. The monoisotopic (exact) mass is 218 g/mol. The van der Waals surface area contributed by atoms with Crippen molar-refractivity contribution in [3.8, 4) is 0 Å². The molecule has 0 spiro atoms. The summed E-state index contributed by atoms with van der Waals surface area (Å²) in [6, 6.07) is 5.52. The van der Waals surface area contributed by atoms with Crippen molar-refractivity contribution >= 4 is 18.3 Å². The summed E-state index contributed by atoms with van der Waals surface area (Å²) in [5.41, 5.74) is 5.51. The molecule has 0 saturated carbocycles. The van der Waals surface area contributed by atoms with Crippen LogP contribution in [0.25, 0.3) is 0 Å². The average Bonchev–Trinajstić information content (AvgIpc) is 2.14. The number of nitrogens with one attached hydrogen (secondary N) is 1. The first-order valence-electron chi connectivity index (χ1n) is 3.98. The molecule has 0 aliphatic rings. The molecule has 3 nitrogen and oxygen atoms in total. The number of amides is 1. The number of carbonyl (C=O) groups is 1. The van der Waals surface area contributed by atoms with E-state index in [0.717, 1.165) is 0 Å². The predicted octanol–water partition coefficient (Wildman–Crippen LogP) is 0.936. The lowest BCUT2D eigenvalue weighted by Crippen LogP contribution is -2.28. The smallest absolute Gasteiger partial charge is 0.251 e. The van der Waals surface area contributed by atoms with Gasteiger partial charge in [0.25, 0.3) is 5.91 Å². The second kappa shape index (κ2) is 6.34. The second-order valence-corrected chi connectivity index (χ2v) is 2.55. The van der Waals surface area contributed by atoms with Crippen LogP contribution in [0.2, 0.25) is 0 Å². The zero-order valence-electron chi connectivity index (χ0n) is 7.50. The van der Waals surface area contributed by atoms with Gasteiger partial charge in [0.1, 0.15) is 5.82 Å². The molecule has 0 aromatic heterocycles. The molecule has 0 aliphatic heterocycles. The summed E-state index contributed by atoms with van der Waals surface area (Å²) in [5, 5.41) is 2.55. The lowest BCUT2D eigenvalue weighted by molar-refractivity contribution is 0.0954. The third-order valence-electron chi connectivity index (χ3n) is 1.52. The van der Waals surface area contributed by atoms with Gasteiger partial charge in [-0.1, -0.05) is 6.07 Å². The summed E-state index contributed by atoms with van der Waals surface area (Å²) in [6.07, 6.45) is 0. The molecule has 1 rings (SSSR count). The van der Waals surface area contributed by atoms with Gasteiger partial charge in [-0.15, -0.1) is 12.4 Å². The van der Waals surface area contributed by atoms with E-state index >= 15 is 0 Å². The zero-order chi connectivity index (χ0) is 9.68. The summed E-state index contributed by atoms with van der Waals surface area (Å²) in [4.78, 5) is 11.2. The molecule has 5 heteroatoms. The Morgan fingerprint density at radius 2 is 2.21 bits per heavy atom. The van der Waals surface area contributed by atoms with Crippen molar-refractivity contribution in [1.82, 2.24) is 5.32 Å². The molecule has 1 amide bonds. The predicted molar refractivity (Wildman–Crippen MR) is 55.0 cm³/mol. The molecule has 3 N–H and O–H groups in total. The first-order valence-corrected chi connectivity index (χ1v) is 3.98. The number of hydrogen-bond donors (Lipinski definition) is 2. The van der Waals surface area contributed by atoms with Gasteiger partial charge < -0.3 is 11.1 Å². The number of carbonyl (C=O) groups excluding carboxylic acids is 1. The second-order valence-electron chi connectivity index (χ2n) is 2.55. The maximum atomic E-state index is 12.6. The van der Waals surface area contributed by atoms with E-state index < -0.39 is 5.82 Å².